The number of hydrogen-bond donors (Lipinski definition) is 2. The fourth-order valence-electron chi connectivity index (χ4n) is 5.01. The summed E-state index contributed by atoms with van der Waals surface area (Å²) in [5.74, 6) is 0.280. The molecule has 1 fully saturated rings. The number of carbonyl (C=O) groups excluding carboxylic acids is 1. The Bertz CT molecular complexity index is 959. The van der Waals surface area contributed by atoms with Gasteiger partial charge in [0.15, 0.2) is 0 Å². The van der Waals surface area contributed by atoms with E-state index in [1.165, 1.54) is 50.5 Å². The average molecular weight is 506 g/mol. The van der Waals surface area contributed by atoms with Gasteiger partial charge in [0.05, 0.1) is 0 Å². The topological polar surface area (TPSA) is 66.4 Å². The molecule has 0 aliphatic heterocycles. The van der Waals surface area contributed by atoms with Gasteiger partial charge in [-0.25, -0.2) is 4.79 Å². The molecule has 2 aromatic rings. The van der Waals surface area contributed by atoms with Gasteiger partial charge in [0.1, 0.15) is 6.04 Å². The van der Waals surface area contributed by atoms with Gasteiger partial charge in [0.2, 0.25) is 0 Å². The van der Waals surface area contributed by atoms with Crippen LogP contribution in [0.3, 0.4) is 0 Å². The van der Waals surface area contributed by atoms with Crippen molar-refractivity contribution in [3.63, 3.8) is 0 Å². The van der Waals surface area contributed by atoms with E-state index in [4.69, 9.17) is 0 Å². The minimum atomic E-state index is -0.991. The van der Waals surface area contributed by atoms with Crippen LogP contribution in [-0.4, -0.2) is 64.6 Å². The van der Waals surface area contributed by atoms with E-state index < -0.39 is 12.0 Å². The van der Waals surface area contributed by atoms with Crippen LogP contribution in [0.1, 0.15) is 79.3 Å². The Kier molecular flexibility index (Phi) is 13.5. The van der Waals surface area contributed by atoms with Gasteiger partial charge in [0.25, 0.3) is 5.91 Å². The molecule has 2 aromatic carbocycles. The third kappa shape index (κ3) is 9.27. The van der Waals surface area contributed by atoms with Crippen molar-refractivity contribution in [3.8, 4) is 11.1 Å². The zero-order valence-electron chi connectivity index (χ0n) is 20.6. The fourth-order valence-corrected chi connectivity index (χ4v) is 5.48. The van der Waals surface area contributed by atoms with Crippen LogP contribution in [0.4, 0.5) is 0 Å². The van der Waals surface area contributed by atoms with E-state index in [1.54, 1.807) is 11.8 Å². The van der Waals surface area contributed by atoms with Crippen LogP contribution in [0.25, 0.3) is 11.1 Å². The summed E-state index contributed by atoms with van der Waals surface area (Å²) in [6, 6.07) is 13.2. The molecule has 186 valence electrons. The Morgan fingerprint density at radius 3 is 2.49 bits per heavy atom. The molecule has 0 unspecified atom stereocenters. The number of amides is 1. The van der Waals surface area contributed by atoms with Gasteiger partial charge in [-0.05, 0) is 72.4 Å². The SMILES string of the molecule is CSCC[C@H](NC(=O)c1ccc(CCCCC2CCCCC2)cc1-c1ccccc1C)C(=O)O.[NaH]. The molecule has 1 amide bonds. The van der Waals surface area contributed by atoms with Crippen LogP contribution >= 0.6 is 11.8 Å². The molecule has 0 heterocycles. The molecule has 1 aliphatic rings. The summed E-state index contributed by atoms with van der Waals surface area (Å²) in [6.45, 7) is 2.05. The molecule has 1 saturated carbocycles. The molecule has 4 nitrogen and oxygen atoms in total. The molecule has 0 saturated heterocycles. The monoisotopic (exact) mass is 505 g/mol. The number of nitrogens with one attached hydrogen (secondary N) is 1. The number of benzene rings is 2. The van der Waals surface area contributed by atoms with E-state index in [2.05, 4.69) is 11.4 Å². The van der Waals surface area contributed by atoms with Crippen molar-refractivity contribution in [1.29, 1.82) is 0 Å². The Labute approximate surface area is 237 Å². The number of carbonyl (C=O) groups is 2. The summed E-state index contributed by atoms with van der Waals surface area (Å²) < 4.78 is 0. The zero-order valence-corrected chi connectivity index (χ0v) is 21.5. The molecule has 0 aromatic heterocycles. The maximum atomic E-state index is 13.2. The molecular weight excluding hydrogens is 465 g/mol. The second-order valence-corrected chi connectivity index (χ2v) is 10.6. The first-order chi connectivity index (χ1) is 16.5. The average Bonchev–Trinajstić information content (AvgIpc) is 2.85. The van der Waals surface area contributed by atoms with Crippen molar-refractivity contribution in [3.05, 3.63) is 59.2 Å². The number of thioether (sulfide) groups is 1. The third-order valence-electron chi connectivity index (χ3n) is 7.03. The van der Waals surface area contributed by atoms with E-state index in [-0.39, 0.29) is 35.5 Å². The molecule has 2 N–H and O–H groups in total. The molecule has 1 aliphatic carbocycles. The molecule has 35 heavy (non-hydrogen) atoms. The van der Waals surface area contributed by atoms with Crippen molar-refractivity contribution in [2.75, 3.05) is 12.0 Å². The predicted molar refractivity (Wildman–Crippen MR) is 150 cm³/mol. The van der Waals surface area contributed by atoms with Crippen molar-refractivity contribution in [1.82, 2.24) is 5.32 Å². The number of unbranched alkanes of at least 4 members (excludes halogenated alkanes) is 1. The summed E-state index contributed by atoms with van der Waals surface area (Å²) >= 11 is 1.58. The number of aliphatic carboxylic acids is 1. The van der Waals surface area contributed by atoms with Crippen LogP contribution < -0.4 is 5.32 Å². The van der Waals surface area contributed by atoms with E-state index >= 15 is 0 Å². The normalized spacial score (nSPS) is 14.7. The molecule has 0 spiro atoms. The van der Waals surface area contributed by atoms with Crippen LogP contribution in [0.15, 0.2) is 42.5 Å². The van der Waals surface area contributed by atoms with Crippen LogP contribution in [0, 0.1) is 12.8 Å². The molecule has 6 heteroatoms. The molecule has 1 atom stereocenters. The van der Waals surface area contributed by atoms with Gasteiger partial charge in [-0.3, -0.25) is 4.79 Å². The summed E-state index contributed by atoms with van der Waals surface area (Å²) in [5, 5.41) is 12.3. The van der Waals surface area contributed by atoms with Crippen molar-refractivity contribution < 1.29 is 14.7 Å². The zero-order chi connectivity index (χ0) is 24.3. The van der Waals surface area contributed by atoms with Gasteiger partial charge in [-0.1, -0.05) is 81.3 Å². The van der Waals surface area contributed by atoms with E-state index in [1.807, 2.05) is 49.6 Å². The van der Waals surface area contributed by atoms with Crippen LogP contribution in [-0.2, 0) is 11.2 Å². The first kappa shape index (κ1) is 30.0. The quantitative estimate of drug-likeness (QED) is 0.265. The standard InChI is InChI=1S/C29H39NO3S.Na.H/c1-21-10-6-9-15-24(21)26-20-23(14-8-7-13-22-11-4-3-5-12-22)16-17-25(26)28(31)30-27(29(32)33)18-19-34-2;;/h6,9-10,15-17,20,22,27H,3-5,7-8,11-14,18-19H2,1-2H3,(H,30,31)(H,32,33);;/t27-;;/m0../s1. The Hall–Kier alpha value is -1.27. The summed E-state index contributed by atoms with van der Waals surface area (Å²) in [7, 11) is 0. The molecule has 0 radical (unpaired) electrons. The molecular formula is C29H40NNaO3S. The molecule has 0 bridgehead atoms. The molecule has 3 rings (SSSR count). The van der Waals surface area contributed by atoms with Crippen LogP contribution in [0.5, 0.6) is 0 Å². The number of rotatable bonds is 12. The van der Waals surface area contributed by atoms with Gasteiger partial charge in [-0.2, -0.15) is 11.8 Å². The second-order valence-electron chi connectivity index (χ2n) is 9.59. The third-order valence-corrected chi connectivity index (χ3v) is 7.67. The number of hydrogen-bond acceptors (Lipinski definition) is 3. The van der Waals surface area contributed by atoms with E-state index in [0.717, 1.165) is 35.4 Å². The number of carboxylic acids is 1. The summed E-state index contributed by atoms with van der Waals surface area (Å²) in [5.41, 5.74) is 4.77. The fraction of sp³-hybridized carbons (Fsp3) is 0.517. The number of carboxylic acid groups (broad SMARTS) is 1. The minimum absolute atomic E-state index is 0. The Morgan fingerprint density at radius 2 is 1.80 bits per heavy atom. The van der Waals surface area contributed by atoms with Gasteiger partial charge in [0, 0.05) is 5.56 Å². The van der Waals surface area contributed by atoms with Gasteiger partial charge >= 0.3 is 35.5 Å². The maximum absolute atomic E-state index is 13.2. The van der Waals surface area contributed by atoms with Crippen molar-refractivity contribution in [2.45, 2.75) is 77.2 Å². The summed E-state index contributed by atoms with van der Waals surface area (Å²) in [6.07, 6.45) is 14.1. The second kappa shape index (κ2) is 15.8. The Morgan fingerprint density at radius 1 is 1.06 bits per heavy atom. The summed E-state index contributed by atoms with van der Waals surface area (Å²) in [4.78, 5) is 24.9. The van der Waals surface area contributed by atoms with Gasteiger partial charge in [-0.15, -0.1) is 0 Å². The van der Waals surface area contributed by atoms with Crippen LogP contribution in [0.2, 0.25) is 0 Å². The first-order valence-electron chi connectivity index (χ1n) is 12.7. The number of aryl methyl sites for hydroxylation is 2. The predicted octanol–water partition coefficient (Wildman–Crippen LogP) is 6.24. The van der Waals surface area contributed by atoms with Crippen molar-refractivity contribution in [2.24, 2.45) is 5.92 Å². The Balaban J connectivity index is 0.00000432. The van der Waals surface area contributed by atoms with E-state index in [9.17, 15) is 14.7 Å². The van der Waals surface area contributed by atoms with E-state index in [0.29, 0.717) is 17.7 Å². The first-order valence-corrected chi connectivity index (χ1v) is 14.1. The van der Waals surface area contributed by atoms with Gasteiger partial charge < -0.3 is 10.4 Å². The van der Waals surface area contributed by atoms with Crippen molar-refractivity contribution >= 4 is 53.2 Å².